The van der Waals surface area contributed by atoms with Crippen molar-refractivity contribution in [1.82, 2.24) is 29.5 Å². The lowest BCUT2D eigenvalue weighted by molar-refractivity contribution is -0.0134. The van der Waals surface area contributed by atoms with E-state index in [2.05, 4.69) is 15.2 Å². The first kappa shape index (κ1) is 37.8. The van der Waals surface area contributed by atoms with E-state index in [0.29, 0.717) is 79.3 Å². The molecule has 2 aromatic carbocycles. The monoisotopic (exact) mass is 819 g/mol. The molecule has 11 rings (SSSR count). The van der Waals surface area contributed by atoms with Crippen LogP contribution in [0, 0.1) is 5.82 Å². The number of piperidine rings is 1. The third-order valence-electron chi connectivity index (χ3n) is 12.9. The minimum Gasteiger partial charge on any atom is -0.461 e. The molecule has 8 bridgehead atoms. The van der Waals surface area contributed by atoms with E-state index in [-0.39, 0.29) is 61.5 Å². The zero-order valence-corrected chi connectivity index (χ0v) is 33.2. The van der Waals surface area contributed by atoms with Crippen LogP contribution in [-0.4, -0.2) is 121 Å². The molecule has 5 atom stereocenters. The first-order chi connectivity index (χ1) is 27.9. The Morgan fingerprint density at radius 2 is 1.88 bits per heavy atom. The number of carbonyl (C=O) groups excluding carboxylic acids is 1. The summed E-state index contributed by atoms with van der Waals surface area (Å²) in [5.74, 6) is -0.334. The summed E-state index contributed by atoms with van der Waals surface area (Å²) in [5.41, 5.74) is -0.113. The quantitative estimate of drug-likeness (QED) is 0.264. The highest BCUT2D eigenvalue weighted by atomic mass is 32.2. The number of nitrogens with one attached hydrogen (secondary N) is 1. The van der Waals surface area contributed by atoms with E-state index in [9.17, 15) is 17.6 Å². The number of carbonyl (C=O) groups is 1. The minimum absolute atomic E-state index is 0.00814. The Labute approximate surface area is 335 Å². The van der Waals surface area contributed by atoms with Crippen molar-refractivity contribution in [3.05, 3.63) is 47.9 Å². The fourth-order valence-corrected chi connectivity index (χ4v) is 11.4. The molecule has 7 aliphatic heterocycles. The molecular weight excluding hydrogens is 773 g/mol. The van der Waals surface area contributed by atoms with Crippen LogP contribution in [0.3, 0.4) is 0 Å². The van der Waals surface area contributed by atoms with Crippen LogP contribution < -0.4 is 19.1 Å². The van der Waals surface area contributed by atoms with Crippen LogP contribution >= 0.6 is 0 Å². The fraction of sp³-hybridized carbons (Fsp3) is 0.561. The van der Waals surface area contributed by atoms with Gasteiger partial charge in [0, 0.05) is 50.9 Å². The number of pyridine rings is 1. The lowest BCUT2D eigenvalue weighted by atomic mass is 9.91. The fourth-order valence-electron chi connectivity index (χ4n) is 10.3. The van der Waals surface area contributed by atoms with E-state index >= 15 is 4.39 Å². The number of alkyl halides is 1. The topological polar surface area (TPSA) is 149 Å². The summed E-state index contributed by atoms with van der Waals surface area (Å²) in [4.78, 5) is 31.6. The largest absolute Gasteiger partial charge is 0.461 e. The van der Waals surface area contributed by atoms with Gasteiger partial charge in [0.15, 0.2) is 5.82 Å². The molecule has 0 spiro atoms. The van der Waals surface area contributed by atoms with Crippen LogP contribution in [0.4, 0.5) is 19.4 Å². The Morgan fingerprint density at radius 1 is 1.05 bits per heavy atom. The molecule has 1 N–H and O–H groups in total. The highest BCUT2D eigenvalue weighted by molar-refractivity contribution is 7.84. The van der Waals surface area contributed by atoms with E-state index in [4.69, 9.17) is 28.4 Å². The second-order valence-electron chi connectivity index (χ2n) is 17.1. The number of amides is 1. The zero-order valence-electron chi connectivity index (χ0n) is 32.4. The van der Waals surface area contributed by atoms with Crippen molar-refractivity contribution in [2.24, 2.45) is 0 Å². The average Bonchev–Trinajstić information content (AvgIpc) is 3.84. The minimum atomic E-state index is -4.24. The first-order valence-corrected chi connectivity index (χ1v) is 21.8. The van der Waals surface area contributed by atoms with Crippen molar-refractivity contribution in [3.8, 4) is 23.0 Å². The number of benzene rings is 2. The van der Waals surface area contributed by atoms with E-state index in [1.54, 1.807) is 12.3 Å². The number of morpholine rings is 1. The predicted molar refractivity (Wildman–Crippen MR) is 210 cm³/mol. The van der Waals surface area contributed by atoms with Gasteiger partial charge in [0.05, 0.1) is 35.3 Å². The van der Waals surface area contributed by atoms with Gasteiger partial charge in [-0.3, -0.25) is 9.88 Å². The second kappa shape index (κ2) is 14.4. The normalized spacial score (nSPS) is 29.1. The van der Waals surface area contributed by atoms with Gasteiger partial charge in [0.25, 0.3) is 0 Å². The van der Waals surface area contributed by atoms with Gasteiger partial charge in [-0.15, -0.1) is 0 Å². The van der Waals surface area contributed by atoms with Crippen LogP contribution in [0.25, 0.3) is 32.9 Å². The molecule has 5 fully saturated rings. The van der Waals surface area contributed by atoms with Crippen molar-refractivity contribution >= 4 is 43.9 Å². The summed E-state index contributed by atoms with van der Waals surface area (Å²) in [6, 6.07) is 8.69. The summed E-state index contributed by atoms with van der Waals surface area (Å²) >= 11 is 0. The third-order valence-corrected chi connectivity index (χ3v) is 14.3. The van der Waals surface area contributed by atoms with Crippen molar-refractivity contribution in [2.45, 2.75) is 94.2 Å². The summed E-state index contributed by atoms with van der Waals surface area (Å²) in [5, 5.41) is 4.68. The number of nitrogens with zero attached hydrogens (tertiary/aromatic N) is 6. The van der Waals surface area contributed by atoms with Crippen molar-refractivity contribution in [3.63, 3.8) is 0 Å². The number of aromatic nitrogens is 3. The molecule has 2 aromatic heterocycles. The SMILES string of the molecule is C[C@@]12CCCN(C1)c1nc(OC[C@@]34CCCN3C[C@H](F)C4)nc3c(F)c(ncc13)-c1cc(OS(=O)(=O)N3CC4CCC(C3)O4)cc3cccc(c13)CCCOC(=O)N2. The lowest BCUT2D eigenvalue weighted by Gasteiger charge is -2.41. The number of aryl methyl sites for hydroxylation is 1. The maximum Gasteiger partial charge on any atom is 0.407 e. The van der Waals surface area contributed by atoms with Crippen LogP contribution in [0.1, 0.15) is 63.9 Å². The van der Waals surface area contributed by atoms with Gasteiger partial charge in [-0.05, 0) is 93.3 Å². The standard InChI is InChI=1S/C41H47F2N7O7S/c1-40-11-4-13-48(23-40)37-32-19-44-35(34(43)36(32)45-38(46-37)55-24-41-12-5-14-49(41)20-27(42)18-41)31-17-30(57-58(52,53)50-21-28-9-10-29(22-50)56-28)16-26-7-2-6-25(33(26)31)8-3-15-54-39(51)47-40/h2,6-7,16-17,19,27-29H,3-5,8-15,18,20-24H2,1H3,(H,47,51)/t27-,28?,29?,40-,41+/m1/s1. The van der Waals surface area contributed by atoms with Gasteiger partial charge < -0.3 is 28.6 Å². The summed E-state index contributed by atoms with van der Waals surface area (Å²) in [6.45, 7) is 4.69. The Kier molecular flexibility index (Phi) is 9.37. The smallest absolute Gasteiger partial charge is 0.407 e. The average molecular weight is 820 g/mol. The molecule has 4 aromatic rings. The Hall–Kier alpha value is -4.45. The number of rotatable bonds is 6. The van der Waals surface area contributed by atoms with Crippen LogP contribution in [-0.2, 0) is 26.2 Å². The molecule has 5 saturated heterocycles. The van der Waals surface area contributed by atoms with E-state index in [1.807, 2.05) is 30.0 Å². The molecule has 9 heterocycles. The third kappa shape index (κ3) is 6.86. The van der Waals surface area contributed by atoms with Crippen molar-refractivity contribution in [2.75, 3.05) is 57.4 Å². The maximum atomic E-state index is 17.6. The van der Waals surface area contributed by atoms with Crippen LogP contribution in [0.2, 0.25) is 0 Å². The van der Waals surface area contributed by atoms with Gasteiger partial charge in [-0.2, -0.15) is 22.7 Å². The molecule has 58 heavy (non-hydrogen) atoms. The van der Waals surface area contributed by atoms with Gasteiger partial charge in [0.2, 0.25) is 0 Å². The van der Waals surface area contributed by atoms with Gasteiger partial charge in [-0.25, -0.2) is 13.6 Å². The predicted octanol–water partition coefficient (Wildman–Crippen LogP) is 5.46. The molecule has 2 unspecified atom stereocenters. The van der Waals surface area contributed by atoms with Gasteiger partial charge in [0.1, 0.15) is 35.6 Å². The molecular formula is C41H47F2N7O7S. The molecule has 14 nitrogen and oxygen atoms in total. The summed E-state index contributed by atoms with van der Waals surface area (Å²) in [6.07, 6.45) is 5.66. The number of ether oxygens (including phenoxy) is 3. The maximum absolute atomic E-state index is 17.6. The Balaban J connectivity index is 1.11. The second-order valence-corrected chi connectivity index (χ2v) is 18.7. The lowest BCUT2D eigenvalue weighted by Crippen LogP contribution is -2.57. The first-order valence-electron chi connectivity index (χ1n) is 20.4. The highest BCUT2D eigenvalue weighted by Gasteiger charge is 2.49. The molecule has 1 amide bonds. The molecule has 0 aliphatic carbocycles. The number of hydrogen-bond donors (Lipinski definition) is 1. The van der Waals surface area contributed by atoms with Crippen molar-refractivity contribution in [1.29, 1.82) is 0 Å². The van der Waals surface area contributed by atoms with Crippen LogP contribution in [0.5, 0.6) is 11.8 Å². The Morgan fingerprint density at radius 3 is 2.72 bits per heavy atom. The van der Waals surface area contributed by atoms with E-state index < -0.39 is 39.5 Å². The highest BCUT2D eigenvalue weighted by Crippen LogP contribution is 2.43. The van der Waals surface area contributed by atoms with Gasteiger partial charge in [-0.1, -0.05) is 18.2 Å². The number of anilines is 1. The number of hydrogen-bond acceptors (Lipinski definition) is 12. The number of alkyl carbamates (subject to hydrolysis) is 1. The molecule has 17 heteroatoms. The molecule has 0 saturated carbocycles. The van der Waals surface area contributed by atoms with E-state index in [0.717, 1.165) is 37.8 Å². The molecule has 7 aliphatic rings. The summed E-state index contributed by atoms with van der Waals surface area (Å²) < 4.78 is 84.8. The number of fused-ring (bicyclic) bond motifs is 9. The zero-order chi connectivity index (χ0) is 39.8. The van der Waals surface area contributed by atoms with E-state index in [1.165, 1.54) is 10.4 Å². The Bertz CT molecular complexity index is 2400. The molecule has 0 radical (unpaired) electrons. The molecule has 308 valence electrons. The number of halogens is 2. The summed E-state index contributed by atoms with van der Waals surface area (Å²) in [7, 11) is -4.24. The van der Waals surface area contributed by atoms with Crippen LogP contribution in [0.15, 0.2) is 36.5 Å². The van der Waals surface area contributed by atoms with Gasteiger partial charge >= 0.3 is 22.4 Å². The van der Waals surface area contributed by atoms with Crippen molar-refractivity contribution < 1.29 is 40.4 Å².